The minimum Gasteiger partial charge on any atom is -0.494 e. The van der Waals surface area contributed by atoms with Crippen molar-refractivity contribution in [1.82, 2.24) is 15.5 Å². The Balaban J connectivity index is 0.00000338. The van der Waals surface area contributed by atoms with Gasteiger partial charge in [-0.25, -0.2) is 0 Å². The lowest BCUT2D eigenvalue weighted by atomic mass is 10.2. The second kappa shape index (κ2) is 14.1. The van der Waals surface area contributed by atoms with Gasteiger partial charge in [-0.05, 0) is 26.0 Å². The summed E-state index contributed by atoms with van der Waals surface area (Å²) in [6.07, 6.45) is 0.897. The van der Waals surface area contributed by atoms with Gasteiger partial charge in [-0.15, -0.1) is 24.0 Å². The third-order valence-electron chi connectivity index (χ3n) is 4.03. The first-order chi connectivity index (χ1) is 12.3. The highest BCUT2D eigenvalue weighted by atomic mass is 127. The lowest BCUT2D eigenvalue weighted by Crippen LogP contribution is -2.44. The molecule has 1 aliphatic heterocycles. The SMILES string of the molecule is CCNC(=NCCCOc1ccc(C)cc1)NCCN1CCOCC1.I. The maximum absolute atomic E-state index is 5.73. The van der Waals surface area contributed by atoms with Crippen molar-refractivity contribution in [2.45, 2.75) is 20.3 Å². The number of halogens is 1. The van der Waals surface area contributed by atoms with Crippen LogP contribution in [0.15, 0.2) is 29.3 Å². The molecule has 1 aromatic carbocycles. The molecule has 0 unspecified atom stereocenters. The van der Waals surface area contributed by atoms with E-state index in [9.17, 15) is 0 Å². The van der Waals surface area contributed by atoms with Gasteiger partial charge in [-0.2, -0.15) is 0 Å². The second-order valence-electron chi connectivity index (χ2n) is 6.16. The van der Waals surface area contributed by atoms with Gasteiger partial charge in [0.25, 0.3) is 0 Å². The predicted molar refractivity (Wildman–Crippen MR) is 118 cm³/mol. The van der Waals surface area contributed by atoms with Crippen LogP contribution < -0.4 is 15.4 Å². The van der Waals surface area contributed by atoms with Crippen LogP contribution in [0, 0.1) is 6.92 Å². The fourth-order valence-electron chi connectivity index (χ4n) is 2.58. The molecule has 1 aliphatic rings. The third kappa shape index (κ3) is 9.59. The number of hydrogen-bond donors (Lipinski definition) is 2. The summed E-state index contributed by atoms with van der Waals surface area (Å²) in [6.45, 7) is 12.1. The zero-order chi connectivity index (χ0) is 17.7. The van der Waals surface area contributed by atoms with Gasteiger partial charge in [-0.3, -0.25) is 9.89 Å². The number of nitrogens with zero attached hydrogens (tertiary/aromatic N) is 2. The Labute approximate surface area is 174 Å². The molecule has 0 atom stereocenters. The Bertz CT molecular complexity index is 505. The van der Waals surface area contributed by atoms with Crippen LogP contribution in [-0.4, -0.2) is 69.9 Å². The molecule has 0 aliphatic carbocycles. The van der Waals surface area contributed by atoms with E-state index in [-0.39, 0.29) is 24.0 Å². The van der Waals surface area contributed by atoms with E-state index in [1.807, 2.05) is 12.1 Å². The number of guanidine groups is 1. The van der Waals surface area contributed by atoms with Crippen molar-refractivity contribution in [3.8, 4) is 5.75 Å². The monoisotopic (exact) mass is 476 g/mol. The van der Waals surface area contributed by atoms with Crippen LogP contribution in [0.25, 0.3) is 0 Å². The van der Waals surface area contributed by atoms with Crippen molar-refractivity contribution < 1.29 is 9.47 Å². The normalized spacial score (nSPS) is 15.2. The molecular weight excluding hydrogens is 443 g/mol. The minimum absolute atomic E-state index is 0. The topological polar surface area (TPSA) is 58.1 Å². The van der Waals surface area contributed by atoms with E-state index in [2.05, 4.69) is 46.5 Å². The summed E-state index contributed by atoms with van der Waals surface area (Å²) in [5.74, 6) is 1.80. The maximum atomic E-state index is 5.73. The number of aliphatic imine (C=N–C) groups is 1. The third-order valence-corrected chi connectivity index (χ3v) is 4.03. The fraction of sp³-hybridized carbons (Fsp3) is 0.632. The Morgan fingerprint density at radius 2 is 1.92 bits per heavy atom. The molecule has 2 rings (SSSR count). The fourth-order valence-corrected chi connectivity index (χ4v) is 2.58. The average molecular weight is 476 g/mol. The molecule has 0 radical (unpaired) electrons. The second-order valence-corrected chi connectivity index (χ2v) is 6.16. The van der Waals surface area contributed by atoms with Gasteiger partial charge in [0.2, 0.25) is 0 Å². The Morgan fingerprint density at radius 3 is 2.62 bits per heavy atom. The van der Waals surface area contributed by atoms with Crippen molar-refractivity contribution in [1.29, 1.82) is 0 Å². The molecule has 1 aromatic rings. The van der Waals surface area contributed by atoms with Crippen molar-refractivity contribution >= 4 is 29.9 Å². The highest BCUT2D eigenvalue weighted by Crippen LogP contribution is 2.11. The van der Waals surface area contributed by atoms with E-state index in [4.69, 9.17) is 9.47 Å². The number of morpholine rings is 1. The number of ether oxygens (including phenoxy) is 2. The number of benzene rings is 1. The smallest absolute Gasteiger partial charge is 0.191 e. The summed E-state index contributed by atoms with van der Waals surface area (Å²) in [5.41, 5.74) is 1.25. The summed E-state index contributed by atoms with van der Waals surface area (Å²) in [4.78, 5) is 7.02. The van der Waals surface area contributed by atoms with Gasteiger partial charge in [0.15, 0.2) is 5.96 Å². The molecule has 2 N–H and O–H groups in total. The van der Waals surface area contributed by atoms with Crippen LogP contribution in [0.2, 0.25) is 0 Å². The molecule has 0 spiro atoms. The molecule has 1 heterocycles. The molecule has 1 saturated heterocycles. The molecule has 6 nitrogen and oxygen atoms in total. The highest BCUT2D eigenvalue weighted by Gasteiger charge is 2.09. The molecule has 7 heteroatoms. The molecule has 26 heavy (non-hydrogen) atoms. The Morgan fingerprint density at radius 1 is 1.19 bits per heavy atom. The van der Waals surface area contributed by atoms with Crippen molar-refractivity contribution in [2.75, 3.05) is 59.1 Å². The van der Waals surface area contributed by atoms with Crippen molar-refractivity contribution in [2.24, 2.45) is 4.99 Å². The van der Waals surface area contributed by atoms with Gasteiger partial charge in [0, 0.05) is 45.7 Å². The van der Waals surface area contributed by atoms with Crippen LogP contribution in [0.4, 0.5) is 0 Å². The van der Waals surface area contributed by atoms with Gasteiger partial charge >= 0.3 is 0 Å². The molecule has 0 bridgehead atoms. The Kier molecular flexibility index (Phi) is 12.4. The quantitative estimate of drug-likeness (QED) is 0.248. The van der Waals surface area contributed by atoms with Crippen LogP contribution in [0.1, 0.15) is 18.9 Å². The zero-order valence-corrected chi connectivity index (χ0v) is 18.3. The molecule has 0 amide bonds. The first-order valence-corrected chi connectivity index (χ1v) is 9.29. The van der Waals surface area contributed by atoms with Crippen LogP contribution in [0.3, 0.4) is 0 Å². The van der Waals surface area contributed by atoms with Gasteiger partial charge in [0.1, 0.15) is 5.75 Å². The van der Waals surface area contributed by atoms with E-state index in [0.29, 0.717) is 6.61 Å². The molecule has 148 valence electrons. The van der Waals surface area contributed by atoms with E-state index >= 15 is 0 Å². The van der Waals surface area contributed by atoms with Gasteiger partial charge < -0.3 is 20.1 Å². The molecule has 0 aromatic heterocycles. The standard InChI is InChI=1S/C19H32N4O2.HI/c1-3-20-19(22-10-11-23-12-15-24-16-13-23)21-9-4-14-25-18-7-5-17(2)6-8-18;/h5-8H,3-4,9-16H2,1-2H3,(H2,20,21,22);1H. The summed E-state index contributed by atoms with van der Waals surface area (Å²) >= 11 is 0. The van der Waals surface area contributed by atoms with E-state index in [0.717, 1.165) is 70.6 Å². The number of aryl methyl sites for hydroxylation is 1. The van der Waals surface area contributed by atoms with Crippen molar-refractivity contribution in [3.05, 3.63) is 29.8 Å². The van der Waals surface area contributed by atoms with E-state index in [1.54, 1.807) is 0 Å². The van der Waals surface area contributed by atoms with Crippen LogP contribution in [-0.2, 0) is 4.74 Å². The Hall–Kier alpha value is -1.06. The van der Waals surface area contributed by atoms with Crippen LogP contribution in [0.5, 0.6) is 5.75 Å². The lowest BCUT2D eigenvalue weighted by molar-refractivity contribution is 0.0389. The van der Waals surface area contributed by atoms with Gasteiger partial charge in [-0.1, -0.05) is 17.7 Å². The maximum Gasteiger partial charge on any atom is 0.191 e. The first-order valence-electron chi connectivity index (χ1n) is 9.29. The van der Waals surface area contributed by atoms with Crippen LogP contribution >= 0.6 is 24.0 Å². The summed E-state index contributed by atoms with van der Waals surface area (Å²) in [5, 5.41) is 6.69. The predicted octanol–water partition coefficient (Wildman–Crippen LogP) is 2.27. The lowest BCUT2D eigenvalue weighted by Gasteiger charge is -2.26. The van der Waals surface area contributed by atoms with E-state index in [1.165, 1.54) is 5.56 Å². The van der Waals surface area contributed by atoms with Gasteiger partial charge in [0.05, 0.1) is 19.8 Å². The number of hydrogen-bond acceptors (Lipinski definition) is 4. The largest absolute Gasteiger partial charge is 0.494 e. The first kappa shape index (κ1) is 23.0. The van der Waals surface area contributed by atoms with E-state index < -0.39 is 0 Å². The number of rotatable bonds is 9. The van der Waals surface area contributed by atoms with Crippen molar-refractivity contribution in [3.63, 3.8) is 0 Å². The highest BCUT2D eigenvalue weighted by molar-refractivity contribution is 14.0. The number of nitrogens with one attached hydrogen (secondary N) is 2. The minimum atomic E-state index is 0. The zero-order valence-electron chi connectivity index (χ0n) is 16.0. The molecular formula is C19H33IN4O2. The average Bonchev–Trinajstić information content (AvgIpc) is 2.64. The molecule has 1 fully saturated rings. The molecule has 0 saturated carbocycles. The summed E-state index contributed by atoms with van der Waals surface area (Å²) in [6, 6.07) is 8.15. The summed E-state index contributed by atoms with van der Waals surface area (Å²) in [7, 11) is 0. The summed E-state index contributed by atoms with van der Waals surface area (Å²) < 4.78 is 11.1.